The molecule has 0 aliphatic rings. The molecule has 9 nitrogen and oxygen atoms in total. The fourth-order valence-electron chi connectivity index (χ4n) is 1.69. The molecule has 0 bridgehead atoms. The summed E-state index contributed by atoms with van der Waals surface area (Å²) in [5.41, 5.74) is 0.595. The summed E-state index contributed by atoms with van der Waals surface area (Å²) in [5.74, 6) is 0. The average Bonchev–Trinajstić information content (AvgIpc) is 2.50. The van der Waals surface area contributed by atoms with Crippen LogP contribution < -0.4 is 10.6 Å². The summed E-state index contributed by atoms with van der Waals surface area (Å²) in [4.78, 5) is 21.4. The molecule has 0 aromatic heterocycles. The van der Waals surface area contributed by atoms with E-state index >= 15 is 0 Å². The van der Waals surface area contributed by atoms with Gasteiger partial charge >= 0.3 is 13.9 Å². The van der Waals surface area contributed by atoms with Crippen LogP contribution in [0.4, 0.5) is 10.5 Å². The molecule has 0 aliphatic heterocycles. The summed E-state index contributed by atoms with van der Waals surface area (Å²) >= 11 is 0. The van der Waals surface area contributed by atoms with Crippen molar-refractivity contribution in [3.63, 3.8) is 0 Å². The SMILES string of the molecule is C[N+](C)(C)CCOP(=O)(O)OC(CO)CNC(=O)Nc1ccccc1. The smallest absolute Gasteiger partial charge is 0.394 e. The molecule has 0 saturated carbocycles. The Hall–Kier alpha value is -1.48. The highest BCUT2D eigenvalue weighted by Crippen LogP contribution is 2.44. The van der Waals surface area contributed by atoms with E-state index in [2.05, 4.69) is 10.6 Å². The van der Waals surface area contributed by atoms with Crippen molar-refractivity contribution in [1.29, 1.82) is 0 Å². The number of hydrogen-bond donors (Lipinski definition) is 4. The molecule has 0 fully saturated rings. The lowest BCUT2D eigenvalue weighted by molar-refractivity contribution is -0.870. The second-order valence-corrected chi connectivity index (χ2v) is 7.83. The van der Waals surface area contributed by atoms with Gasteiger partial charge in [-0.3, -0.25) is 9.05 Å². The van der Waals surface area contributed by atoms with Gasteiger partial charge in [-0.15, -0.1) is 0 Å². The first-order valence-corrected chi connectivity index (χ1v) is 9.28. The Morgan fingerprint density at radius 1 is 1.28 bits per heavy atom. The van der Waals surface area contributed by atoms with E-state index in [1.165, 1.54) is 0 Å². The Bertz CT molecular complexity index is 578. The van der Waals surface area contributed by atoms with Gasteiger partial charge in [0.05, 0.1) is 27.7 Å². The molecule has 2 amide bonds. The molecule has 0 saturated heterocycles. The third-order valence-corrected chi connectivity index (χ3v) is 4.10. The predicted molar refractivity (Wildman–Crippen MR) is 94.1 cm³/mol. The number of aliphatic hydroxyl groups excluding tert-OH is 1. The number of nitrogens with zero attached hydrogens (tertiary/aromatic N) is 1. The maximum absolute atomic E-state index is 11.9. The quantitative estimate of drug-likeness (QED) is 0.358. The first kappa shape index (κ1) is 21.6. The van der Waals surface area contributed by atoms with Crippen LogP contribution in [0, 0.1) is 0 Å². The molecule has 2 unspecified atom stereocenters. The van der Waals surface area contributed by atoms with E-state index in [0.717, 1.165) is 0 Å². The molecule has 25 heavy (non-hydrogen) atoms. The van der Waals surface area contributed by atoms with Gasteiger partial charge in [0.1, 0.15) is 19.3 Å². The number of rotatable bonds is 10. The molecule has 1 rings (SSSR count). The largest absolute Gasteiger partial charge is 0.472 e. The third kappa shape index (κ3) is 10.2. The van der Waals surface area contributed by atoms with E-state index in [-0.39, 0.29) is 13.2 Å². The van der Waals surface area contributed by atoms with Gasteiger partial charge in [-0.1, -0.05) is 18.2 Å². The van der Waals surface area contributed by atoms with Crippen LogP contribution in [0.15, 0.2) is 30.3 Å². The Balaban J connectivity index is 2.39. The number of anilines is 1. The lowest BCUT2D eigenvalue weighted by Gasteiger charge is -2.25. The van der Waals surface area contributed by atoms with Gasteiger partial charge in [-0.25, -0.2) is 9.36 Å². The zero-order valence-electron chi connectivity index (χ0n) is 14.7. The highest BCUT2D eigenvalue weighted by molar-refractivity contribution is 7.47. The minimum absolute atomic E-state index is 0.0251. The summed E-state index contributed by atoms with van der Waals surface area (Å²) in [6.07, 6.45) is -1.07. The van der Waals surface area contributed by atoms with E-state index in [1.807, 2.05) is 27.2 Å². The number of hydrogen-bond acceptors (Lipinski definition) is 5. The molecule has 1 aromatic carbocycles. The Labute approximate surface area is 147 Å². The maximum Gasteiger partial charge on any atom is 0.472 e. The van der Waals surface area contributed by atoms with Crippen LogP contribution >= 0.6 is 7.82 Å². The number of para-hydroxylation sites is 1. The molecule has 0 spiro atoms. The first-order chi connectivity index (χ1) is 11.6. The van der Waals surface area contributed by atoms with Crippen LogP contribution in [0.25, 0.3) is 0 Å². The summed E-state index contributed by atoms with van der Waals surface area (Å²) < 4.78 is 22.2. The summed E-state index contributed by atoms with van der Waals surface area (Å²) in [6.45, 7) is -0.167. The normalized spacial score (nSPS) is 15.2. The van der Waals surface area contributed by atoms with Gasteiger partial charge in [0.25, 0.3) is 0 Å². The molecule has 0 heterocycles. The standard InChI is InChI=1S/C15H26N3O6P/c1-18(2,3)9-10-23-25(21,22)24-14(12-19)11-16-15(20)17-13-7-5-4-6-8-13/h4-8,14,19H,9-12H2,1-3H3,(H2-,16,17,20,21,22)/p+1. The number of carbonyl (C=O) groups is 1. The average molecular weight is 376 g/mol. The van der Waals surface area contributed by atoms with Gasteiger partial charge in [-0.05, 0) is 12.1 Å². The molecule has 10 heteroatoms. The number of amides is 2. The number of quaternary nitrogens is 1. The number of carbonyl (C=O) groups excluding carboxylic acids is 1. The summed E-state index contributed by atoms with van der Waals surface area (Å²) in [5, 5.41) is 14.3. The molecular weight excluding hydrogens is 349 g/mol. The van der Waals surface area contributed by atoms with Gasteiger partial charge in [0.2, 0.25) is 0 Å². The number of phosphoric ester groups is 1. The van der Waals surface area contributed by atoms with E-state index in [1.54, 1.807) is 24.3 Å². The van der Waals surface area contributed by atoms with E-state index in [0.29, 0.717) is 16.7 Å². The van der Waals surface area contributed by atoms with E-state index in [9.17, 15) is 19.4 Å². The summed E-state index contributed by atoms with van der Waals surface area (Å²) in [7, 11) is 1.43. The molecule has 142 valence electrons. The lowest BCUT2D eigenvalue weighted by atomic mass is 10.3. The molecule has 2 atom stereocenters. The summed E-state index contributed by atoms with van der Waals surface area (Å²) in [6, 6.07) is 8.25. The number of nitrogens with one attached hydrogen (secondary N) is 2. The molecular formula is C15H27N3O6P+. The number of benzene rings is 1. The van der Waals surface area contributed by atoms with Crippen molar-refractivity contribution in [2.45, 2.75) is 6.10 Å². The number of likely N-dealkylation sites (N-methyl/N-ethyl adjacent to an activating group) is 1. The maximum atomic E-state index is 11.9. The van der Waals surface area contributed by atoms with Crippen molar-refractivity contribution < 1.29 is 32.9 Å². The minimum atomic E-state index is -4.32. The Morgan fingerprint density at radius 3 is 2.48 bits per heavy atom. The van der Waals surface area contributed by atoms with Crippen molar-refractivity contribution in [2.75, 3.05) is 52.8 Å². The Morgan fingerprint density at radius 2 is 1.92 bits per heavy atom. The third-order valence-electron chi connectivity index (χ3n) is 3.02. The minimum Gasteiger partial charge on any atom is -0.394 e. The predicted octanol–water partition coefficient (Wildman–Crippen LogP) is 1.01. The van der Waals surface area contributed by atoms with Crippen molar-refractivity contribution in [1.82, 2.24) is 5.32 Å². The molecule has 4 N–H and O–H groups in total. The van der Waals surface area contributed by atoms with Crippen molar-refractivity contribution in [2.24, 2.45) is 0 Å². The monoisotopic (exact) mass is 376 g/mol. The Kier molecular flexibility index (Phi) is 8.51. The van der Waals surface area contributed by atoms with Crippen LogP contribution in [0.2, 0.25) is 0 Å². The highest BCUT2D eigenvalue weighted by atomic mass is 31.2. The molecule has 0 radical (unpaired) electrons. The van der Waals surface area contributed by atoms with E-state index in [4.69, 9.17) is 9.05 Å². The first-order valence-electron chi connectivity index (χ1n) is 7.78. The van der Waals surface area contributed by atoms with Gasteiger partial charge in [0.15, 0.2) is 0 Å². The van der Waals surface area contributed by atoms with Crippen LogP contribution in [0.5, 0.6) is 0 Å². The lowest BCUT2D eigenvalue weighted by Crippen LogP contribution is -2.38. The zero-order valence-corrected chi connectivity index (χ0v) is 15.6. The van der Waals surface area contributed by atoms with Crippen molar-refractivity contribution in [3.05, 3.63) is 30.3 Å². The number of urea groups is 1. The van der Waals surface area contributed by atoms with Gasteiger partial charge < -0.3 is 25.1 Å². The highest BCUT2D eigenvalue weighted by Gasteiger charge is 2.27. The number of phosphoric acid groups is 1. The number of aliphatic hydroxyl groups is 1. The second kappa shape index (κ2) is 9.86. The second-order valence-electron chi connectivity index (χ2n) is 6.43. The van der Waals surface area contributed by atoms with Crippen molar-refractivity contribution in [3.8, 4) is 0 Å². The fourth-order valence-corrected chi connectivity index (χ4v) is 2.58. The van der Waals surface area contributed by atoms with Gasteiger partial charge in [-0.2, -0.15) is 0 Å². The molecule has 1 aromatic rings. The topological polar surface area (TPSA) is 117 Å². The van der Waals surface area contributed by atoms with Crippen LogP contribution in [0.3, 0.4) is 0 Å². The van der Waals surface area contributed by atoms with Crippen LogP contribution in [0.1, 0.15) is 0 Å². The van der Waals surface area contributed by atoms with Crippen LogP contribution in [-0.2, 0) is 13.6 Å². The molecule has 0 aliphatic carbocycles. The van der Waals surface area contributed by atoms with E-state index < -0.39 is 26.6 Å². The van der Waals surface area contributed by atoms with Crippen molar-refractivity contribution >= 4 is 19.5 Å². The van der Waals surface area contributed by atoms with Gasteiger partial charge in [0, 0.05) is 12.2 Å². The zero-order chi connectivity index (χ0) is 18.9. The fraction of sp³-hybridized carbons (Fsp3) is 0.533. The van der Waals surface area contributed by atoms with Crippen LogP contribution in [-0.4, -0.2) is 74.1 Å².